The molecule has 6 heteroatoms. The Morgan fingerprint density at radius 1 is 1.12 bits per heavy atom. The Morgan fingerprint density at radius 2 is 1.25 bits per heavy atom. The number of aliphatic hydroxyl groups is 2. The molecule has 0 aliphatic rings. The van der Waals surface area contributed by atoms with Crippen LogP contribution in [0.15, 0.2) is 0 Å². The third-order valence-corrected chi connectivity index (χ3v) is 0.878. The van der Waals surface area contributed by atoms with Gasteiger partial charge in [0.15, 0.2) is 6.29 Å². The molecule has 0 aliphatic carbocycles. The molecule has 2 nitrogen and oxygen atoms in total. The predicted molar refractivity (Wildman–Crippen MR) is 35.7 cm³/mol. The monoisotopic (exact) mass is 188 g/mol. The van der Waals surface area contributed by atoms with Gasteiger partial charge < -0.3 is 10.2 Å². The van der Waals surface area contributed by atoms with Crippen LogP contribution in [-0.4, -0.2) is 49.9 Å². The second-order valence-corrected chi connectivity index (χ2v) is 3.28. The predicted octanol–water partition coefficient (Wildman–Crippen LogP) is 0.0188. The molecular weight excluding hydrogens is 185 g/mol. The van der Waals surface area contributed by atoms with E-state index in [0.29, 0.717) is 0 Å². The molecule has 0 aromatic rings. The van der Waals surface area contributed by atoms with Gasteiger partial charge in [0.25, 0.3) is 0 Å². The molecule has 0 saturated carbocycles. The second-order valence-electron chi connectivity index (χ2n) is 0.915. The molecule has 0 atom stereocenters. The summed E-state index contributed by atoms with van der Waals surface area (Å²) in [4.78, 5) is 0. The Kier molecular flexibility index (Phi) is 7.14. The summed E-state index contributed by atoms with van der Waals surface area (Å²) in [7, 11) is 0. The van der Waals surface area contributed by atoms with Crippen LogP contribution in [0.25, 0.3) is 0 Å². The standard InChI is InChI=1S/C2H3Cl3O2.Na.H/c3-2(4,5)1(6)7;;/h1,6-7H;;. The molecule has 0 bridgehead atoms. The van der Waals surface area contributed by atoms with Crippen molar-refractivity contribution in [1.82, 2.24) is 0 Å². The van der Waals surface area contributed by atoms with E-state index in [1.807, 2.05) is 0 Å². The quantitative estimate of drug-likeness (QED) is 0.320. The van der Waals surface area contributed by atoms with Crippen LogP contribution in [0.3, 0.4) is 0 Å². The van der Waals surface area contributed by atoms with E-state index in [1.165, 1.54) is 0 Å². The van der Waals surface area contributed by atoms with Gasteiger partial charge in [-0.1, -0.05) is 34.8 Å². The van der Waals surface area contributed by atoms with Crippen LogP contribution in [0.5, 0.6) is 0 Å². The van der Waals surface area contributed by atoms with E-state index in [4.69, 9.17) is 45.0 Å². The van der Waals surface area contributed by atoms with Crippen molar-refractivity contribution in [3.63, 3.8) is 0 Å². The van der Waals surface area contributed by atoms with Gasteiger partial charge >= 0.3 is 29.6 Å². The van der Waals surface area contributed by atoms with Crippen molar-refractivity contribution in [2.75, 3.05) is 0 Å². The van der Waals surface area contributed by atoms with Crippen molar-refractivity contribution in [2.45, 2.75) is 10.1 Å². The number of rotatable bonds is 0. The van der Waals surface area contributed by atoms with Gasteiger partial charge in [-0.2, -0.15) is 0 Å². The molecule has 0 unspecified atom stereocenters. The first-order valence-corrected chi connectivity index (χ1v) is 2.51. The summed E-state index contributed by atoms with van der Waals surface area (Å²) in [5, 5.41) is 16.1. The average Bonchev–Trinajstić information content (AvgIpc) is 1.31. The summed E-state index contributed by atoms with van der Waals surface area (Å²) in [5.74, 6) is 0. The third kappa shape index (κ3) is 5.92. The van der Waals surface area contributed by atoms with Crippen LogP contribution >= 0.6 is 34.8 Å². The maximum atomic E-state index is 8.05. The minimum atomic E-state index is -1.97. The molecule has 0 aliphatic heterocycles. The maximum absolute atomic E-state index is 8.05. The van der Waals surface area contributed by atoms with Crippen molar-refractivity contribution in [3.8, 4) is 0 Å². The van der Waals surface area contributed by atoms with Crippen LogP contribution in [0, 0.1) is 0 Å². The van der Waals surface area contributed by atoms with Gasteiger partial charge in [-0.3, -0.25) is 0 Å². The van der Waals surface area contributed by atoms with Crippen molar-refractivity contribution in [3.05, 3.63) is 0 Å². The van der Waals surface area contributed by atoms with Crippen LogP contribution in [0.1, 0.15) is 0 Å². The SMILES string of the molecule is OC(O)C(Cl)(Cl)Cl.[NaH]. The van der Waals surface area contributed by atoms with Gasteiger partial charge in [0.2, 0.25) is 3.79 Å². The minimum absolute atomic E-state index is 0. The van der Waals surface area contributed by atoms with Gasteiger partial charge in [-0.15, -0.1) is 0 Å². The van der Waals surface area contributed by atoms with Crippen LogP contribution in [-0.2, 0) is 0 Å². The summed E-state index contributed by atoms with van der Waals surface area (Å²) >= 11 is 14.7. The summed E-state index contributed by atoms with van der Waals surface area (Å²) in [6, 6.07) is 0. The van der Waals surface area contributed by atoms with E-state index in [1.54, 1.807) is 0 Å². The van der Waals surface area contributed by atoms with Crippen LogP contribution < -0.4 is 0 Å². The zero-order valence-electron chi connectivity index (χ0n) is 3.11. The molecule has 0 heterocycles. The van der Waals surface area contributed by atoms with E-state index in [-0.39, 0.29) is 29.6 Å². The summed E-state index contributed by atoms with van der Waals surface area (Å²) in [5.41, 5.74) is 0. The molecule has 0 fully saturated rings. The molecule has 0 aromatic carbocycles. The summed E-state index contributed by atoms with van der Waals surface area (Å²) in [6.07, 6.45) is -1.91. The van der Waals surface area contributed by atoms with Gasteiger partial charge in [0, 0.05) is 0 Å². The fourth-order valence-electron chi connectivity index (χ4n) is 0. The zero-order chi connectivity index (χ0) is 6.08. The first-order chi connectivity index (χ1) is 2.94. The van der Waals surface area contributed by atoms with Crippen LogP contribution in [0.2, 0.25) is 0 Å². The fraction of sp³-hybridized carbons (Fsp3) is 1.00. The van der Waals surface area contributed by atoms with Gasteiger partial charge in [0.05, 0.1) is 0 Å². The van der Waals surface area contributed by atoms with Gasteiger partial charge in [0.1, 0.15) is 0 Å². The first kappa shape index (κ1) is 12.5. The molecule has 8 heavy (non-hydrogen) atoms. The Hall–Kier alpha value is 1.79. The van der Waals surface area contributed by atoms with Crippen LogP contribution in [0.4, 0.5) is 0 Å². The molecule has 46 valence electrons. The molecule has 2 N–H and O–H groups in total. The zero-order valence-corrected chi connectivity index (χ0v) is 5.37. The number of aliphatic hydroxyl groups excluding tert-OH is 1. The Bertz CT molecular complexity index is 60.8. The second kappa shape index (κ2) is 4.58. The van der Waals surface area contributed by atoms with Crippen molar-refractivity contribution < 1.29 is 10.2 Å². The normalized spacial score (nSPS) is 11.2. The van der Waals surface area contributed by atoms with E-state index in [0.717, 1.165) is 0 Å². The molecule has 0 radical (unpaired) electrons. The van der Waals surface area contributed by atoms with Crippen molar-refractivity contribution in [1.29, 1.82) is 0 Å². The first-order valence-electron chi connectivity index (χ1n) is 1.37. The molecule has 0 aromatic heterocycles. The molecule has 0 spiro atoms. The topological polar surface area (TPSA) is 40.5 Å². The van der Waals surface area contributed by atoms with E-state index in [9.17, 15) is 0 Å². The molecule has 0 rings (SSSR count). The van der Waals surface area contributed by atoms with Crippen molar-refractivity contribution >= 4 is 64.4 Å². The average molecular weight is 189 g/mol. The van der Waals surface area contributed by atoms with E-state index < -0.39 is 10.1 Å². The van der Waals surface area contributed by atoms with Gasteiger partial charge in [-0.05, 0) is 0 Å². The Morgan fingerprint density at radius 3 is 1.25 bits per heavy atom. The Labute approximate surface area is 84.0 Å². The number of hydrogen-bond donors (Lipinski definition) is 2. The summed E-state index contributed by atoms with van der Waals surface area (Å²) < 4.78 is -1.97. The van der Waals surface area contributed by atoms with E-state index in [2.05, 4.69) is 0 Å². The van der Waals surface area contributed by atoms with Crippen molar-refractivity contribution in [2.24, 2.45) is 0 Å². The number of hydrogen-bond acceptors (Lipinski definition) is 2. The third-order valence-electron chi connectivity index (χ3n) is 0.293. The fourth-order valence-corrected chi connectivity index (χ4v) is 0. The van der Waals surface area contributed by atoms with E-state index >= 15 is 0 Å². The Balaban J connectivity index is 0. The molecule has 0 amide bonds. The number of halogens is 3. The van der Waals surface area contributed by atoms with Gasteiger partial charge in [-0.25, -0.2) is 0 Å². The number of alkyl halides is 3. The molecule has 0 saturated heterocycles. The summed E-state index contributed by atoms with van der Waals surface area (Å²) in [6.45, 7) is 0. The molecular formula is C2H4Cl3NaO2.